The van der Waals surface area contributed by atoms with Gasteiger partial charge in [0.25, 0.3) is 0 Å². The maximum absolute atomic E-state index is 4.53. The van der Waals surface area contributed by atoms with Gasteiger partial charge in [0, 0.05) is 40.6 Å². The molecule has 0 saturated carbocycles. The lowest BCUT2D eigenvalue weighted by Gasteiger charge is -2.37. The molecule has 2 aliphatic rings. The number of nitrogens with zero attached hydrogens (tertiary/aromatic N) is 3. The summed E-state index contributed by atoms with van der Waals surface area (Å²) >= 11 is 2.26. The molecular formula is C14H21IN4. The predicted octanol–water partition coefficient (Wildman–Crippen LogP) is 2.58. The van der Waals surface area contributed by atoms with E-state index in [-0.39, 0.29) is 0 Å². The van der Waals surface area contributed by atoms with E-state index < -0.39 is 0 Å². The lowest BCUT2D eigenvalue weighted by Crippen LogP contribution is -2.49. The fourth-order valence-corrected chi connectivity index (χ4v) is 3.70. The van der Waals surface area contributed by atoms with Crippen LogP contribution in [-0.2, 0) is 0 Å². The van der Waals surface area contributed by atoms with Crippen molar-refractivity contribution in [3.8, 4) is 0 Å². The quantitative estimate of drug-likeness (QED) is 0.825. The molecule has 2 unspecified atom stereocenters. The summed E-state index contributed by atoms with van der Waals surface area (Å²) in [6.07, 6.45) is 10.2. The monoisotopic (exact) mass is 372 g/mol. The summed E-state index contributed by atoms with van der Waals surface area (Å²) in [4.78, 5) is 11.5. The minimum absolute atomic E-state index is 0.610. The van der Waals surface area contributed by atoms with Crippen LogP contribution in [0, 0.1) is 3.57 Å². The highest BCUT2D eigenvalue weighted by Gasteiger charge is 2.36. The zero-order valence-electron chi connectivity index (χ0n) is 11.3. The van der Waals surface area contributed by atoms with E-state index in [0.717, 1.165) is 22.5 Å². The average Bonchev–Trinajstić information content (AvgIpc) is 2.76. The van der Waals surface area contributed by atoms with Gasteiger partial charge in [-0.3, -0.25) is 0 Å². The van der Waals surface area contributed by atoms with Crippen molar-refractivity contribution >= 4 is 28.5 Å². The second-order valence-electron chi connectivity index (χ2n) is 5.66. The zero-order valence-corrected chi connectivity index (χ0v) is 13.5. The molecule has 1 aromatic rings. The first-order valence-electron chi connectivity index (χ1n) is 7.26. The van der Waals surface area contributed by atoms with Gasteiger partial charge in [0.15, 0.2) is 0 Å². The Bertz CT molecular complexity index is 410. The number of anilines is 1. The standard InChI is InChI=1S/C14H21IN4/c1-2-5-19(14-16-8-10(15)9-17-14)13-6-11-3-4-12(7-13)18-11/h8-9,11-13,18H,2-7H2,1H3. The Kier molecular flexibility index (Phi) is 4.21. The van der Waals surface area contributed by atoms with Crippen molar-refractivity contribution in [2.45, 2.75) is 57.2 Å². The molecule has 0 aliphatic carbocycles. The topological polar surface area (TPSA) is 41.1 Å². The van der Waals surface area contributed by atoms with Crippen molar-refractivity contribution < 1.29 is 0 Å². The second kappa shape index (κ2) is 5.91. The van der Waals surface area contributed by atoms with Gasteiger partial charge < -0.3 is 10.2 Å². The van der Waals surface area contributed by atoms with E-state index in [1.54, 1.807) is 0 Å². The maximum Gasteiger partial charge on any atom is 0.225 e. The number of nitrogens with one attached hydrogen (secondary N) is 1. The number of hydrogen-bond donors (Lipinski definition) is 1. The molecule has 0 aromatic carbocycles. The van der Waals surface area contributed by atoms with Crippen LogP contribution in [0.5, 0.6) is 0 Å². The SMILES string of the molecule is CCCN(c1ncc(I)cn1)C1CC2CCC(C1)N2. The lowest BCUT2D eigenvalue weighted by molar-refractivity contribution is 0.344. The molecule has 5 heteroatoms. The van der Waals surface area contributed by atoms with Crippen molar-refractivity contribution in [1.29, 1.82) is 0 Å². The van der Waals surface area contributed by atoms with Gasteiger partial charge in [-0.1, -0.05) is 6.92 Å². The number of fused-ring (bicyclic) bond motifs is 2. The molecule has 3 rings (SSSR count). The molecule has 2 bridgehead atoms. The molecule has 0 radical (unpaired) electrons. The van der Waals surface area contributed by atoms with Crippen LogP contribution < -0.4 is 10.2 Å². The van der Waals surface area contributed by atoms with Crippen molar-refractivity contribution in [2.75, 3.05) is 11.4 Å². The Morgan fingerprint density at radius 3 is 2.47 bits per heavy atom. The van der Waals surface area contributed by atoms with Crippen molar-refractivity contribution in [2.24, 2.45) is 0 Å². The van der Waals surface area contributed by atoms with Crippen LogP contribution >= 0.6 is 22.6 Å². The van der Waals surface area contributed by atoms with Crippen molar-refractivity contribution in [3.05, 3.63) is 16.0 Å². The van der Waals surface area contributed by atoms with Crippen LogP contribution in [0.15, 0.2) is 12.4 Å². The van der Waals surface area contributed by atoms with Crippen LogP contribution in [0.25, 0.3) is 0 Å². The van der Waals surface area contributed by atoms with Crippen LogP contribution in [0.4, 0.5) is 5.95 Å². The molecule has 1 N–H and O–H groups in total. The molecule has 104 valence electrons. The van der Waals surface area contributed by atoms with E-state index >= 15 is 0 Å². The number of halogens is 1. The lowest BCUT2D eigenvalue weighted by atomic mass is 9.98. The summed E-state index contributed by atoms with van der Waals surface area (Å²) in [6.45, 7) is 3.29. The normalized spacial score (nSPS) is 29.5. The van der Waals surface area contributed by atoms with E-state index in [9.17, 15) is 0 Å². The first-order valence-corrected chi connectivity index (χ1v) is 8.34. The van der Waals surface area contributed by atoms with Gasteiger partial charge in [-0.2, -0.15) is 0 Å². The Morgan fingerprint density at radius 1 is 1.26 bits per heavy atom. The minimum Gasteiger partial charge on any atom is -0.338 e. The molecule has 2 atom stereocenters. The summed E-state index contributed by atoms with van der Waals surface area (Å²) < 4.78 is 1.10. The summed E-state index contributed by atoms with van der Waals surface area (Å²) in [5, 5.41) is 3.71. The largest absolute Gasteiger partial charge is 0.338 e. The number of hydrogen-bond acceptors (Lipinski definition) is 4. The van der Waals surface area contributed by atoms with Crippen molar-refractivity contribution in [1.82, 2.24) is 15.3 Å². The number of piperidine rings is 1. The molecule has 0 spiro atoms. The van der Waals surface area contributed by atoms with Gasteiger partial charge in [0.05, 0.1) is 0 Å². The summed E-state index contributed by atoms with van der Waals surface area (Å²) in [5.41, 5.74) is 0. The third-order valence-electron chi connectivity index (χ3n) is 4.22. The Hall–Kier alpha value is -0.430. The number of aromatic nitrogens is 2. The van der Waals surface area contributed by atoms with E-state index in [0.29, 0.717) is 18.1 Å². The summed E-state index contributed by atoms with van der Waals surface area (Å²) in [7, 11) is 0. The van der Waals surface area contributed by atoms with Crippen LogP contribution in [0.1, 0.15) is 39.0 Å². The molecule has 2 aliphatic heterocycles. The molecule has 1 aromatic heterocycles. The second-order valence-corrected chi connectivity index (χ2v) is 6.90. The predicted molar refractivity (Wildman–Crippen MR) is 85.4 cm³/mol. The average molecular weight is 372 g/mol. The van der Waals surface area contributed by atoms with E-state index in [1.807, 2.05) is 12.4 Å². The minimum atomic E-state index is 0.610. The highest BCUT2D eigenvalue weighted by atomic mass is 127. The van der Waals surface area contributed by atoms with Gasteiger partial charge >= 0.3 is 0 Å². The first kappa shape index (κ1) is 13.5. The molecule has 4 nitrogen and oxygen atoms in total. The van der Waals surface area contributed by atoms with Crippen LogP contribution in [-0.4, -0.2) is 34.6 Å². The van der Waals surface area contributed by atoms with Gasteiger partial charge in [0.1, 0.15) is 0 Å². The Labute approximate surface area is 128 Å². The summed E-state index contributed by atoms with van der Waals surface area (Å²) in [6, 6.07) is 2.04. The van der Waals surface area contributed by atoms with Gasteiger partial charge in [-0.25, -0.2) is 9.97 Å². The molecule has 2 saturated heterocycles. The molecule has 2 fully saturated rings. The zero-order chi connectivity index (χ0) is 13.2. The third kappa shape index (κ3) is 3.02. The van der Waals surface area contributed by atoms with Gasteiger partial charge in [-0.05, 0) is 54.7 Å². The maximum atomic E-state index is 4.53. The molecule has 3 heterocycles. The third-order valence-corrected chi connectivity index (χ3v) is 4.77. The fourth-order valence-electron chi connectivity index (χ4n) is 3.42. The molecule has 19 heavy (non-hydrogen) atoms. The smallest absolute Gasteiger partial charge is 0.225 e. The molecular weight excluding hydrogens is 351 g/mol. The van der Waals surface area contributed by atoms with Gasteiger partial charge in [0.2, 0.25) is 5.95 Å². The summed E-state index contributed by atoms with van der Waals surface area (Å²) in [5.74, 6) is 0.911. The van der Waals surface area contributed by atoms with Crippen molar-refractivity contribution in [3.63, 3.8) is 0 Å². The van der Waals surface area contributed by atoms with Crippen LogP contribution in [0.2, 0.25) is 0 Å². The van der Waals surface area contributed by atoms with Gasteiger partial charge in [-0.15, -0.1) is 0 Å². The Balaban J connectivity index is 1.78. The Morgan fingerprint density at radius 2 is 1.89 bits per heavy atom. The number of rotatable bonds is 4. The van der Waals surface area contributed by atoms with E-state index in [4.69, 9.17) is 0 Å². The van der Waals surface area contributed by atoms with E-state index in [2.05, 4.69) is 49.7 Å². The first-order chi connectivity index (χ1) is 9.26. The highest BCUT2D eigenvalue weighted by Crippen LogP contribution is 2.31. The fraction of sp³-hybridized carbons (Fsp3) is 0.714. The van der Waals surface area contributed by atoms with Crippen LogP contribution in [0.3, 0.4) is 0 Å². The molecule has 0 amide bonds. The highest BCUT2D eigenvalue weighted by molar-refractivity contribution is 14.1. The van der Waals surface area contributed by atoms with E-state index in [1.165, 1.54) is 25.7 Å².